The van der Waals surface area contributed by atoms with E-state index in [9.17, 15) is 0 Å². The molecule has 6 nitrogen and oxygen atoms in total. The number of aliphatic imine (C=N–C) groups is 1. The van der Waals surface area contributed by atoms with Gasteiger partial charge in [0.25, 0.3) is 0 Å². The van der Waals surface area contributed by atoms with Crippen molar-refractivity contribution in [3.8, 4) is 5.75 Å². The molecule has 0 atom stereocenters. The lowest BCUT2D eigenvalue weighted by atomic mass is 10.1. The Balaban J connectivity index is 2.05. The maximum atomic E-state index is 6.25. The van der Waals surface area contributed by atoms with Crippen LogP contribution in [0, 0.1) is 0 Å². The predicted molar refractivity (Wildman–Crippen MR) is 110 cm³/mol. The molecule has 2 aromatic carbocycles. The Bertz CT molecular complexity index is 828. The number of hydrazone groups is 1. The van der Waals surface area contributed by atoms with Crippen molar-refractivity contribution in [2.24, 2.45) is 21.7 Å². The van der Waals surface area contributed by atoms with Crippen LogP contribution in [0.3, 0.4) is 0 Å². The molecule has 2 rings (SSSR count). The van der Waals surface area contributed by atoms with Crippen LogP contribution in [0.4, 0.5) is 5.69 Å². The van der Waals surface area contributed by atoms with E-state index in [1.807, 2.05) is 68.5 Å². The van der Waals surface area contributed by atoms with Crippen molar-refractivity contribution < 1.29 is 4.74 Å². The Morgan fingerprint density at radius 3 is 2.50 bits per heavy atom. The molecule has 0 aromatic heterocycles. The number of anilines is 1. The van der Waals surface area contributed by atoms with E-state index in [0.717, 1.165) is 22.8 Å². The van der Waals surface area contributed by atoms with Crippen LogP contribution >= 0.6 is 11.6 Å². The van der Waals surface area contributed by atoms with Crippen LogP contribution in [-0.4, -0.2) is 18.3 Å². The summed E-state index contributed by atoms with van der Waals surface area (Å²) < 4.78 is 5.45. The van der Waals surface area contributed by atoms with Gasteiger partial charge >= 0.3 is 0 Å². The van der Waals surface area contributed by atoms with E-state index in [1.165, 1.54) is 0 Å². The zero-order chi connectivity index (χ0) is 18.9. The van der Waals surface area contributed by atoms with Gasteiger partial charge in [-0.15, -0.1) is 0 Å². The van der Waals surface area contributed by atoms with Gasteiger partial charge in [0, 0.05) is 16.3 Å². The van der Waals surface area contributed by atoms with Gasteiger partial charge in [-0.2, -0.15) is 5.10 Å². The zero-order valence-electron chi connectivity index (χ0n) is 14.7. The first-order valence-electron chi connectivity index (χ1n) is 8.02. The van der Waals surface area contributed by atoms with Gasteiger partial charge < -0.3 is 21.6 Å². The van der Waals surface area contributed by atoms with Gasteiger partial charge in [0.05, 0.1) is 5.70 Å². The topological polar surface area (TPSA) is 98.0 Å². The Labute approximate surface area is 158 Å². The second-order valence-electron chi connectivity index (χ2n) is 5.41. The number of nitrogens with zero attached hydrogens (tertiary/aromatic N) is 2. The SMILES string of the molecule is C/C=C(\N=C(C)Nc1ccc(OC/C(N)=N/N)cc1)c1ccccc1Cl. The molecular formula is C19H22ClN5O. The number of benzene rings is 2. The molecule has 0 unspecified atom stereocenters. The first-order valence-corrected chi connectivity index (χ1v) is 8.40. The van der Waals surface area contributed by atoms with E-state index in [2.05, 4.69) is 15.4 Å². The number of allylic oxidation sites excluding steroid dienone is 1. The van der Waals surface area contributed by atoms with Crippen LogP contribution in [0.1, 0.15) is 19.4 Å². The fraction of sp³-hybridized carbons (Fsp3) is 0.158. The van der Waals surface area contributed by atoms with Crippen molar-refractivity contribution in [1.82, 2.24) is 0 Å². The molecule has 5 N–H and O–H groups in total. The summed E-state index contributed by atoms with van der Waals surface area (Å²) >= 11 is 6.25. The highest BCUT2D eigenvalue weighted by molar-refractivity contribution is 6.32. The largest absolute Gasteiger partial charge is 0.486 e. The molecule has 0 fully saturated rings. The molecule has 7 heteroatoms. The smallest absolute Gasteiger partial charge is 0.157 e. The molecule has 0 saturated heterocycles. The number of ether oxygens (including phenoxy) is 1. The van der Waals surface area contributed by atoms with Crippen LogP contribution in [0.15, 0.2) is 64.7 Å². The number of hydrogen-bond acceptors (Lipinski definition) is 4. The Morgan fingerprint density at radius 2 is 1.88 bits per heavy atom. The minimum absolute atomic E-state index is 0.145. The third-order valence-electron chi connectivity index (χ3n) is 3.44. The zero-order valence-corrected chi connectivity index (χ0v) is 15.5. The van der Waals surface area contributed by atoms with Gasteiger partial charge in [-0.25, -0.2) is 4.99 Å². The molecule has 0 saturated carbocycles. The average Bonchev–Trinajstić information content (AvgIpc) is 2.66. The van der Waals surface area contributed by atoms with Crippen molar-refractivity contribution in [2.75, 3.05) is 11.9 Å². The Kier molecular flexibility index (Phi) is 7.05. The van der Waals surface area contributed by atoms with Crippen LogP contribution in [-0.2, 0) is 0 Å². The second kappa shape index (κ2) is 9.48. The number of hydrogen-bond donors (Lipinski definition) is 3. The number of rotatable bonds is 6. The molecule has 0 radical (unpaired) electrons. The fourth-order valence-corrected chi connectivity index (χ4v) is 2.43. The number of amidine groups is 2. The Morgan fingerprint density at radius 1 is 1.19 bits per heavy atom. The highest BCUT2D eigenvalue weighted by Gasteiger charge is 2.05. The van der Waals surface area contributed by atoms with Crippen LogP contribution in [0.25, 0.3) is 5.70 Å². The quantitative estimate of drug-likeness (QED) is 0.311. The van der Waals surface area contributed by atoms with E-state index in [-0.39, 0.29) is 12.4 Å². The maximum Gasteiger partial charge on any atom is 0.157 e. The van der Waals surface area contributed by atoms with Crippen molar-refractivity contribution in [3.05, 3.63) is 65.2 Å². The van der Waals surface area contributed by atoms with Gasteiger partial charge in [-0.3, -0.25) is 0 Å². The summed E-state index contributed by atoms with van der Waals surface area (Å²) in [5, 5.41) is 7.26. The highest BCUT2D eigenvalue weighted by Crippen LogP contribution is 2.25. The highest BCUT2D eigenvalue weighted by atomic mass is 35.5. The van der Waals surface area contributed by atoms with Gasteiger partial charge in [-0.05, 0) is 44.2 Å². The lowest BCUT2D eigenvalue weighted by molar-refractivity contribution is 0.375. The van der Waals surface area contributed by atoms with Crippen LogP contribution < -0.4 is 21.6 Å². The van der Waals surface area contributed by atoms with E-state index in [0.29, 0.717) is 10.8 Å². The summed E-state index contributed by atoms with van der Waals surface area (Å²) in [6.07, 6.45) is 1.92. The molecule has 0 amide bonds. The minimum Gasteiger partial charge on any atom is -0.486 e. The first kappa shape index (κ1) is 19.3. The maximum absolute atomic E-state index is 6.25. The van der Waals surface area contributed by atoms with Crippen LogP contribution in [0.5, 0.6) is 5.75 Å². The second-order valence-corrected chi connectivity index (χ2v) is 5.82. The molecule has 0 bridgehead atoms. The predicted octanol–water partition coefficient (Wildman–Crippen LogP) is 3.84. The summed E-state index contributed by atoms with van der Waals surface area (Å²) in [7, 11) is 0. The molecule has 0 spiro atoms. The van der Waals surface area contributed by atoms with Crippen LogP contribution in [0.2, 0.25) is 5.02 Å². The van der Waals surface area contributed by atoms with Gasteiger partial charge in [-0.1, -0.05) is 35.9 Å². The number of nitrogens with two attached hydrogens (primary N) is 2. The molecular weight excluding hydrogens is 350 g/mol. The standard InChI is InChI=1S/C19H22ClN5O/c1-3-18(16-6-4-5-7-17(16)20)24-13(2)23-14-8-10-15(11-9-14)26-12-19(21)25-22/h3-11H,12,22H2,1-2H3,(H2,21,25)(H,23,24)/b18-3-. The van der Waals surface area contributed by atoms with Gasteiger partial charge in [0.2, 0.25) is 0 Å². The molecule has 0 aliphatic carbocycles. The molecule has 0 aliphatic heterocycles. The monoisotopic (exact) mass is 371 g/mol. The minimum atomic E-state index is 0.145. The molecule has 26 heavy (non-hydrogen) atoms. The van der Waals surface area contributed by atoms with Crippen molar-refractivity contribution in [3.63, 3.8) is 0 Å². The average molecular weight is 372 g/mol. The third kappa shape index (κ3) is 5.53. The molecule has 136 valence electrons. The molecule has 0 heterocycles. The lowest BCUT2D eigenvalue weighted by Crippen LogP contribution is -2.22. The van der Waals surface area contributed by atoms with Crippen molar-refractivity contribution in [2.45, 2.75) is 13.8 Å². The summed E-state index contributed by atoms with van der Waals surface area (Å²) in [6, 6.07) is 15.0. The normalized spacial score (nSPS) is 12.8. The summed E-state index contributed by atoms with van der Waals surface area (Å²) in [4.78, 5) is 4.62. The summed E-state index contributed by atoms with van der Waals surface area (Å²) in [6.45, 7) is 3.97. The van der Waals surface area contributed by atoms with E-state index in [4.69, 9.17) is 27.9 Å². The molecule has 2 aromatic rings. The van der Waals surface area contributed by atoms with Gasteiger partial charge in [0.15, 0.2) is 5.84 Å². The van der Waals surface area contributed by atoms with E-state index >= 15 is 0 Å². The summed E-state index contributed by atoms with van der Waals surface area (Å²) in [5.41, 5.74) is 8.07. The molecule has 0 aliphatic rings. The third-order valence-corrected chi connectivity index (χ3v) is 3.77. The van der Waals surface area contributed by atoms with Gasteiger partial charge in [0.1, 0.15) is 18.2 Å². The lowest BCUT2D eigenvalue weighted by Gasteiger charge is -2.10. The summed E-state index contributed by atoms with van der Waals surface area (Å²) in [5.74, 6) is 6.71. The Hall–Kier alpha value is -2.99. The number of halogens is 1. The van der Waals surface area contributed by atoms with Crippen molar-refractivity contribution >= 4 is 34.7 Å². The van der Waals surface area contributed by atoms with E-state index < -0.39 is 0 Å². The van der Waals surface area contributed by atoms with E-state index in [1.54, 1.807) is 0 Å². The fourth-order valence-electron chi connectivity index (χ4n) is 2.20. The first-order chi connectivity index (χ1) is 12.5. The van der Waals surface area contributed by atoms with Crippen molar-refractivity contribution in [1.29, 1.82) is 0 Å². The number of nitrogens with one attached hydrogen (secondary N) is 1.